The van der Waals surface area contributed by atoms with E-state index in [2.05, 4.69) is 30.8 Å². The van der Waals surface area contributed by atoms with E-state index in [0.29, 0.717) is 95.9 Å². The first kappa shape index (κ1) is 34.6. The number of likely N-dealkylation sites (tertiary alicyclic amines) is 1. The lowest BCUT2D eigenvalue weighted by Crippen LogP contribution is -2.36. The van der Waals surface area contributed by atoms with E-state index in [9.17, 15) is 14.7 Å². The van der Waals surface area contributed by atoms with Crippen LogP contribution in [0.1, 0.15) is 36.8 Å². The van der Waals surface area contributed by atoms with Gasteiger partial charge in [-0.15, -0.1) is 0 Å². The minimum absolute atomic E-state index is 0.0353. The predicted molar refractivity (Wildman–Crippen MR) is 188 cm³/mol. The van der Waals surface area contributed by atoms with Gasteiger partial charge in [0.2, 0.25) is 5.91 Å². The molecule has 2 aromatic carbocycles. The lowest BCUT2D eigenvalue weighted by Gasteiger charge is -2.30. The number of piperidine rings is 1. The van der Waals surface area contributed by atoms with Gasteiger partial charge in [0.05, 0.1) is 34.5 Å². The third-order valence-corrected chi connectivity index (χ3v) is 9.87. The standard InChI is InChI=1S/C36H37Cl2FN6O4/c1-49-29-17-22(5-6-23(29)18-40-19-25-7-8-30(46)43-25)34-32(38)27(10-14-41-34)26-3-2-4-28(31(26)37)44-35-33(39)24(9-13-42-35)20-45-15-11-21(12-16-45)36(47)48/h2-6,9-10,13-14,17,21,25,40H,7-8,11-12,15-16,18-20H2,1H3,(H,42,44)(H,43,46)(H,47,48). The van der Waals surface area contributed by atoms with Gasteiger partial charge in [0.25, 0.3) is 0 Å². The van der Waals surface area contributed by atoms with Crippen molar-refractivity contribution in [3.05, 3.63) is 87.9 Å². The molecule has 1 amide bonds. The number of halogens is 3. The van der Waals surface area contributed by atoms with Crippen LogP contribution in [0.15, 0.2) is 60.9 Å². The van der Waals surface area contributed by atoms with Crippen molar-refractivity contribution in [2.24, 2.45) is 5.92 Å². The first-order chi connectivity index (χ1) is 23.7. The van der Waals surface area contributed by atoms with Gasteiger partial charge in [-0.2, -0.15) is 0 Å². The summed E-state index contributed by atoms with van der Waals surface area (Å²) in [5, 5.41) is 19.4. The molecule has 0 bridgehead atoms. The van der Waals surface area contributed by atoms with Gasteiger partial charge < -0.3 is 25.8 Å². The molecule has 4 aromatic rings. The van der Waals surface area contributed by atoms with E-state index in [1.165, 1.54) is 0 Å². The number of rotatable bonds is 12. The summed E-state index contributed by atoms with van der Waals surface area (Å²) < 4.78 is 21.4. The molecule has 0 spiro atoms. The summed E-state index contributed by atoms with van der Waals surface area (Å²) in [5.41, 5.74) is 4.46. The molecule has 10 nitrogen and oxygen atoms in total. The summed E-state index contributed by atoms with van der Waals surface area (Å²) >= 11 is 13.9. The smallest absolute Gasteiger partial charge is 0.306 e. The summed E-state index contributed by atoms with van der Waals surface area (Å²) in [6.45, 7) is 2.75. The van der Waals surface area contributed by atoms with Crippen molar-refractivity contribution in [1.82, 2.24) is 25.5 Å². The molecule has 49 heavy (non-hydrogen) atoms. The van der Waals surface area contributed by atoms with Crippen molar-refractivity contribution in [2.75, 3.05) is 32.1 Å². The zero-order valence-electron chi connectivity index (χ0n) is 26.9. The van der Waals surface area contributed by atoms with Crippen molar-refractivity contribution < 1.29 is 23.8 Å². The average Bonchev–Trinajstić information content (AvgIpc) is 3.52. The number of carboxylic acid groups (broad SMARTS) is 1. The van der Waals surface area contributed by atoms with Crippen molar-refractivity contribution in [3.8, 4) is 28.1 Å². The van der Waals surface area contributed by atoms with Gasteiger partial charge >= 0.3 is 5.97 Å². The predicted octanol–water partition coefficient (Wildman–Crippen LogP) is 6.67. The quantitative estimate of drug-likeness (QED) is 0.128. The maximum Gasteiger partial charge on any atom is 0.306 e. The number of carbonyl (C=O) groups excluding carboxylic acids is 1. The number of aromatic nitrogens is 2. The molecule has 2 fully saturated rings. The number of nitrogens with one attached hydrogen (secondary N) is 3. The van der Waals surface area contributed by atoms with E-state index < -0.39 is 11.8 Å². The van der Waals surface area contributed by atoms with Gasteiger partial charge in [-0.1, -0.05) is 47.5 Å². The van der Waals surface area contributed by atoms with Crippen LogP contribution in [0.4, 0.5) is 15.9 Å². The van der Waals surface area contributed by atoms with E-state index in [-0.39, 0.29) is 23.7 Å². The first-order valence-corrected chi connectivity index (χ1v) is 16.9. The number of methoxy groups -OCH3 is 1. The molecule has 4 N–H and O–H groups in total. The highest BCUT2D eigenvalue weighted by Gasteiger charge is 2.26. The molecule has 2 saturated heterocycles. The molecule has 1 atom stereocenters. The Kier molecular flexibility index (Phi) is 10.9. The Labute approximate surface area is 294 Å². The third-order valence-electron chi connectivity index (χ3n) is 9.08. The minimum atomic E-state index is -0.781. The van der Waals surface area contributed by atoms with Gasteiger partial charge in [-0.25, -0.2) is 9.37 Å². The minimum Gasteiger partial charge on any atom is -0.496 e. The fourth-order valence-electron chi connectivity index (χ4n) is 6.34. The third kappa shape index (κ3) is 7.96. The fourth-order valence-corrected chi connectivity index (χ4v) is 6.94. The Bertz CT molecular complexity index is 1850. The lowest BCUT2D eigenvalue weighted by molar-refractivity contribution is -0.143. The summed E-state index contributed by atoms with van der Waals surface area (Å²) in [5.74, 6) is -0.832. The second kappa shape index (κ2) is 15.5. The van der Waals surface area contributed by atoms with Crippen LogP contribution in [0.5, 0.6) is 5.75 Å². The Balaban J connectivity index is 1.18. The first-order valence-electron chi connectivity index (χ1n) is 16.2. The number of anilines is 2. The van der Waals surface area contributed by atoms with Crippen LogP contribution in [0.25, 0.3) is 22.4 Å². The molecule has 0 aliphatic carbocycles. The highest BCUT2D eigenvalue weighted by atomic mass is 35.5. The fraction of sp³-hybridized carbons (Fsp3) is 0.333. The number of hydrogen-bond acceptors (Lipinski definition) is 8. The summed E-state index contributed by atoms with van der Waals surface area (Å²) in [6, 6.07) is 14.7. The summed E-state index contributed by atoms with van der Waals surface area (Å²) in [6.07, 6.45) is 5.66. The van der Waals surface area contributed by atoms with Crippen molar-refractivity contribution in [3.63, 3.8) is 0 Å². The number of hydrogen-bond donors (Lipinski definition) is 4. The number of ether oxygens (including phenoxy) is 1. The second-order valence-corrected chi connectivity index (χ2v) is 13.1. The molecule has 2 aliphatic rings. The van der Waals surface area contributed by atoms with Gasteiger partial charge in [-0.05, 0) is 56.6 Å². The van der Waals surface area contributed by atoms with Gasteiger partial charge in [0, 0.05) is 72.3 Å². The van der Waals surface area contributed by atoms with Crippen LogP contribution in [-0.2, 0) is 22.7 Å². The molecule has 256 valence electrons. The molecule has 0 radical (unpaired) electrons. The van der Waals surface area contributed by atoms with Crippen LogP contribution in [0, 0.1) is 11.7 Å². The number of nitrogens with zero attached hydrogens (tertiary/aromatic N) is 3. The largest absolute Gasteiger partial charge is 0.496 e. The molecule has 13 heteroatoms. The number of amides is 1. The molecule has 0 saturated carbocycles. The van der Waals surface area contributed by atoms with Gasteiger partial charge in [0.15, 0.2) is 11.6 Å². The molecular weight excluding hydrogens is 670 g/mol. The molecular formula is C36H37Cl2FN6O4. The summed E-state index contributed by atoms with van der Waals surface area (Å²) in [7, 11) is 1.61. The van der Waals surface area contributed by atoms with Crippen molar-refractivity contribution in [2.45, 2.75) is 44.8 Å². The molecule has 2 aromatic heterocycles. The lowest BCUT2D eigenvalue weighted by atomic mass is 9.97. The molecule has 1 unspecified atom stereocenters. The van der Waals surface area contributed by atoms with E-state index >= 15 is 4.39 Å². The normalized spacial score (nSPS) is 16.8. The maximum atomic E-state index is 15.7. The molecule has 2 aliphatic heterocycles. The van der Waals surface area contributed by atoms with E-state index in [0.717, 1.165) is 17.5 Å². The summed E-state index contributed by atoms with van der Waals surface area (Å²) in [4.78, 5) is 33.7. The van der Waals surface area contributed by atoms with E-state index in [1.807, 2.05) is 24.3 Å². The highest BCUT2D eigenvalue weighted by Crippen LogP contribution is 2.42. The maximum absolute atomic E-state index is 15.7. The number of pyridine rings is 2. The monoisotopic (exact) mass is 706 g/mol. The SMILES string of the molecule is COc1cc(-c2nccc(-c3cccc(Nc4nccc(CN5CCC(C(=O)O)CC5)c4F)c3Cl)c2Cl)ccc1CNCC1CCC(=O)N1. The Morgan fingerprint density at radius 2 is 1.82 bits per heavy atom. The topological polar surface area (TPSA) is 129 Å². The Morgan fingerprint density at radius 1 is 1.04 bits per heavy atom. The van der Waals surface area contributed by atoms with Crippen molar-refractivity contribution >= 4 is 46.6 Å². The second-order valence-electron chi connectivity index (χ2n) is 12.3. The zero-order chi connectivity index (χ0) is 34.5. The number of benzene rings is 2. The number of aliphatic carboxylic acids is 1. The molecule has 4 heterocycles. The van der Waals surface area contributed by atoms with Crippen LogP contribution < -0.4 is 20.7 Å². The van der Waals surface area contributed by atoms with Crippen LogP contribution >= 0.6 is 23.2 Å². The van der Waals surface area contributed by atoms with Gasteiger partial charge in [0.1, 0.15) is 5.75 Å². The van der Waals surface area contributed by atoms with E-state index in [4.69, 9.17) is 27.9 Å². The highest BCUT2D eigenvalue weighted by molar-refractivity contribution is 6.39. The van der Waals surface area contributed by atoms with Crippen LogP contribution in [-0.4, -0.2) is 64.6 Å². The zero-order valence-corrected chi connectivity index (χ0v) is 28.5. The Hall–Kier alpha value is -4.29. The number of carboxylic acids is 1. The Morgan fingerprint density at radius 3 is 2.55 bits per heavy atom. The van der Waals surface area contributed by atoms with Crippen molar-refractivity contribution in [1.29, 1.82) is 0 Å². The van der Waals surface area contributed by atoms with Gasteiger partial charge in [-0.3, -0.25) is 19.5 Å². The number of carbonyl (C=O) groups is 2. The van der Waals surface area contributed by atoms with E-state index in [1.54, 1.807) is 43.8 Å². The average molecular weight is 708 g/mol. The molecule has 6 rings (SSSR count). The van der Waals surface area contributed by atoms with Crippen LogP contribution in [0.3, 0.4) is 0 Å². The van der Waals surface area contributed by atoms with Crippen LogP contribution in [0.2, 0.25) is 10.0 Å².